The zero-order valence-electron chi connectivity index (χ0n) is 32.3. The highest BCUT2D eigenvalue weighted by Gasteiger charge is 2.10. The van der Waals surface area contributed by atoms with Crippen LogP contribution in [0.5, 0.6) is 0 Å². The highest BCUT2D eigenvalue weighted by Crippen LogP contribution is 2.15. The normalized spacial score (nSPS) is 12.2. The van der Waals surface area contributed by atoms with Gasteiger partial charge in [-0.3, -0.25) is 0 Å². The Balaban J connectivity index is 2.00. The number of unbranched alkanes of at least 4 members (excludes halogenated alkanes) is 26. The van der Waals surface area contributed by atoms with Crippen molar-refractivity contribution in [3.05, 3.63) is 35.9 Å². The van der Waals surface area contributed by atoms with Gasteiger partial charge in [-0.2, -0.15) is 0 Å². The van der Waals surface area contributed by atoms with Crippen molar-refractivity contribution in [1.29, 1.82) is 0 Å². The largest absolute Gasteiger partial charge is 0.379 e. The first kappa shape index (κ1) is 45.1. The smallest absolute Gasteiger partial charge is 0.104 e. The van der Waals surface area contributed by atoms with Crippen molar-refractivity contribution in [2.75, 3.05) is 39.6 Å². The summed E-state index contributed by atoms with van der Waals surface area (Å²) in [5, 5.41) is 0. The molecule has 0 aliphatic carbocycles. The summed E-state index contributed by atoms with van der Waals surface area (Å²) in [5.74, 6) is 0. The van der Waals surface area contributed by atoms with E-state index in [-0.39, 0.29) is 6.10 Å². The first-order valence-electron chi connectivity index (χ1n) is 21.3. The highest BCUT2D eigenvalue weighted by molar-refractivity contribution is 5.13. The summed E-state index contributed by atoms with van der Waals surface area (Å²) in [4.78, 5) is 0. The summed E-state index contributed by atoms with van der Waals surface area (Å²) in [6.45, 7) is 9.25. The van der Waals surface area contributed by atoms with Crippen LogP contribution in [-0.4, -0.2) is 45.7 Å². The predicted octanol–water partition coefficient (Wildman–Crippen LogP) is 13.6. The highest BCUT2D eigenvalue weighted by atomic mass is 16.6. The second-order valence-electron chi connectivity index (χ2n) is 14.4. The van der Waals surface area contributed by atoms with Crippen molar-refractivity contribution in [2.24, 2.45) is 0 Å². The van der Waals surface area contributed by atoms with E-state index in [1.807, 2.05) is 6.07 Å². The van der Waals surface area contributed by atoms with E-state index in [4.69, 9.17) is 18.9 Å². The molecule has 0 bridgehead atoms. The summed E-state index contributed by atoms with van der Waals surface area (Å²) in [6.07, 6.45) is 38.6. The molecular weight excluding hydrogens is 592 g/mol. The molecule has 1 atom stereocenters. The topological polar surface area (TPSA) is 36.9 Å². The van der Waals surface area contributed by atoms with Gasteiger partial charge in [0.15, 0.2) is 0 Å². The van der Waals surface area contributed by atoms with Gasteiger partial charge in [0, 0.05) is 13.2 Å². The number of hydrogen-bond donors (Lipinski definition) is 0. The quantitative estimate of drug-likeness (QED) is 0.0649. The molecule has 1 aromatic carbocycles. The van der Waals surface area contributed by atoms with E-state index in [0.717, 1.165) is 26.1 Å². The Kier molecular flexibility index (Phi) is 36.5. The Morgan fingerprint density at radius 2 is 0.750 bits per heavy atom. The standard InChI is InChI=1S/C44H82O4/c1-3-5-7-9-11-13-15-17-19-21-23-25-27-32-36-45-38-39-46-41-44(42-47-40-43-34-30-29-31-35-43)48-37-33-28-26-24-22-20-18-16-14-12-10-8-6-4-2/h29-31,34-35,44H,3-28,32-33,36-42H2,1-2H3. The third-order valence-electron chi connectivity index (χ3n) is 9.58. The van der Waals surface area contributed by atoms with E-state index in [1.54, 1.807) is 0 Å². The molecule has 4 nitrogen and oxygen atoms in total. The Morgan fingerprint density at radius 1 is 0.375 bits per heavy atom. The first-order chi connectivity index (χ1) is 23.9. The second-order valence-corrected chi connectivity index (χ2v) is 14.4. The summed E-state index contributed by atoms with van der Waals surface area (Å²) >= 11 is 0. The molecule has 0 heterocycles. The molecule has 0 aliphatic rings. The zero-order chi connectivity index (χ0) is 34.3. The number of rotatable bonds is 40. The van der Waals surface area contributed by atoms with Crippen LogP contribution in [0.3, 0.4) is 0 Å². The van der Waals surface area contributed by atoms with Crippen LogP contribution >= 0.6 is 0 Å². The SMILES string of the molecule is CCCCCCCCCCCCCCCCOCCOCC(COCc1ccccc1)OCCCCCCCCCCCCCCCC. The first-order valence-corrected chi connectivity index (χ1v) is 21.3. The maximum atomic E-state index is 6.23. The molecule has 0 aliphatic heterocycles. The Bertz CT molecular complexity index is 711. The van der Waals surface area contributed by atoms with Crippen molar-refractivity contribution in [3.8, 4) is 0 Å². The molecule has 0 N–H and O–H groups in total. The average Bonchev–Trinajstić information content (AvgIpc) is 3.11. The van der Waals surface area contributed by atoms with Gasteiger partial charge in [0.2, 0.25) is 0 Å². The van der Waals surface area contributed by atoms with Gasteiger partial charge in [-0.25, -0.2) is 0 Å². The molecule has 0 amide bonds. The van der Waals surface area contributed by atoms with Crippen LogP contribution in [0.4, 0.5) is 0 Å². The summed E-state index contributed by atoms with van der Waals surface area (Å²) in [7, 11) is 0. The minimum atomic E-state index is -0.0264. The molecule has 282 valence electrons. The Labute approximate surface area is 300 Å². The van der Waals surface area contributed by atoms with Gasteiger partial charge in [-0.15, -0.1) is 0 Å². The molecule has 0 aromatic heterocycles. The molecule has 4 heteroatoms. The van der Waals surface area contributed by atoms with Crippen LogP contribution < -0.4 is 0 Å². The van der Waals surface area contributed by atoms with Gasteiger partial charge in [-0.1, -0.05) is 211 Å². The minimum Gasteiger partial charge on any atom is -0.379 e. The van der Waals surface area contributed by atoms with Crippen LogP contribution in [0.15, 0.2) is 30.3 Å². The van der Waals surface area contributed by atoms with Gasteiger partial charge in [0.25, 0.3) is 0 Å². The van der Waals surface area contributed by atoms with Gasteiger partial charge >= 0.3 is 0 Å². The van der Waals surface area contributed by atoms with Gasteiger partial charge in [0.1, 0.15) is 6.10 Å². The van der Waals surface area contributed by atoms with Gasteiger partial charge in [-0.05, 0) is 18.4 Å². The van der Waals surface area contributed by atoms with Crippen molar-refractivity contribution < 1.29 is 18.9 Å². The van der Waals surface area contributed by atoms with Crippen LogP contribution in [0, 0.1) is 0 Å². The molecule has 0 saturated heterocycles. The summed E-state index contributed by atoms with van der Waals surface area (Å²) < 4.78 is 24.1. The Morgan fingerprint density at radius 3 is 1.21 bits per heavy atom. The molecule has 1 aromatic rings. The third-order valence-corrected chi connectivity index (χ3v) is 9.58. The lowest BCUT2D eigenvalue weighted by Crippen LogP contribution is -2.27. The molecule has 1 unspecified atom stereocenters. The lowest BCUT2D eigenvalue weighted by atomic mass is 10.0. The van der Waals surface area contributed by atoms with Gasteiger partial charge < -0.3 is 18.9 Å². The molecular formula is C44H82O4. The molecule has 0 saturated carbocycles. The number of ether oxygens (including phenoxy) is 4. The number of benzene rings is 1. The average molecular weight is 675 g/mol. The van der Waals surface area contributed by atoms with E-state index >= 15 is 0 Å². The van der Waals surface area contributed by atoms with Crippen molar-refractivity contribution in [2.45, 2.75) is 206 Å². The van der Waals surface area contributed by atoms with E-state index in [2.05, 4.69) is 38.1 Å². The van der Waals surface area contributed by atoms with Crippen molar-refractivity contribution >= 4 is 0 Å². The zero-order valence-corrected chi connectivity index (χ0v) is 32.3. The molecule has 0 radical (unpaired) electrons. The molecule has 0 spiro atoms. The van der Waals surface area contributed by atoms with Crippen molar-refractivity contribution in [1.82, 2.24) is 0 Å². The fourth-order valence-electron chi connectivity index (χ4n) is 6.41. The van der Waals surface area contributed by atoms with E-state index in [0.29, 0.717) is 33.0 Å². The summed E-state index contributed by atoms with van der Waals surface area (Å²) in [6, 6.07) is 10.4. The lowest BCUT2D eigenvalue weighted by Gasteiger charge is -2.18. The number of hydrogen-bond acceptors (Lipinski definition) is 4. The minimum absolute atomic E-state index is 0.0264. The van der Waals surface area contributed by atoms with E-state index in [9.17, 15) is 0 Å². The van der Waals surface area contributed by atoms with Crippen LogP contribution in [-0.2, 0) is 25.6 Å². The fraction of sp³-hybridized carbons (Fsp3) is 0.864. The third kappa shape index (κ3) is 33.6. The fourth-order valence-corrected chi connectivity index (χ4v) is 6.41. The molecule has 48 heavy (non-hydrogen) atoms. The van der Waals surface area contributed by atoms with E-state index < -0.39 is 0 Å². The van der Waals surface area contributed by atoms with Crippen LogP contribution in [0.25, 0.3) is 0 Å². The van der Waals surface area contributed by atoms with Crippen molar-refractivity contribution in [3.63, 3.8) is 0 Å². The van der Waals surface area contributed by atoms with Gasteiger partial charge in [0.05, 0.1) is 33.0 Å². The van der Waals surface area contributed by atoms with E-state index in [1.165, 1.54) is 173 Å². The molecule has 0 fully saturated rings. The summed E-state index contributed by atoms with van der Waals surface area (Å²) in [5.41, 5.74) is 1.20. The lowest BCUT2D eigenvalue weighted by molar-refractivity contribution is -0.0707. The Hall–Kier alpha value is -0.940. The maximum Gasteiger partial charge on any atom is 0.104 e. The second kappa shape index (κ2) is 38.9. The van der Waals surface area contributed by atoms with Crippen LogP contribution in [0.1, 0.15) is 199 Å². The maximum absolute atomic E-state index is 6.23. The monoisotopic (exact) mass is 675 g/mol. The van der Waals surface area contributed by atoms with Crippen LogP contribution in [0.2, 0.25) is 0 Å². The molecule has 1 rings (SSSR count). The predicted molar refractivity (Wildman–Crippen MR) is 208 cm³/mol.